The number of hydrogen-bond acceptors (Lipinski definition) is 4. The molecule has 2 aliphatic heterocycles. The van der Waals surface area contributed by atoms with Crippen LogP contribution in [0.1, 0.15) is 43.7 Å². The molecule has 0 aliphatic carbocycles. The Morgan fingerprint density at radius 1 is 1.03 bits per heavy atom. The predicted octanol–water partition coefficient (Wildman–Crippen LogP) is 3.59. The number of carbonyl (C=O) groups excluding carboxylic acids is 1. The maximum atomic E-state index is 13.9. The Morgan fingerprint density at radius 3 is 2.50 bits per heavy atom. The number of amides is 1. The molecule has 1 amide bonds. The van der Waals surface area contributed by atoms with E-state index in [1.165, 1.54) is 37.4 Å². The lowest BCUT2D eigenvalue weighted by atomic mass is 10.0. The Labute approximate surface area is 203 Å². The maximum Gasteiger partial charge on any atom is 0.237 e. The average molecular weight is 467 g/mol. The van der Waals surface area contributed by atoms with Crippen LogP contribution in [0.15, 0.2) is 54.6 Å². The molecule has 5 nitrogen and oxygen atoms in total. The molecule has 2 fully saturated rings. The summed E-state index contributed by atoms with van der Waals surface area (Å²) in [5.74, 6) is -0.160. The van der Waals surface area contributed by atoms with Gasteiger partial charge in [0.1, 0.15) is 5.82 Å². The number of benzene rings is 2. The first-order valence-electron chi connectivity index (χ1n) is 12.9. The van der Waals surface area contributed by atoms with E-state index in [1.807, 2.05) is 12.1 Å². The first-order chi connectivity index (χ1) is 16.6. The van der Waals surface area contributed by atoms with Gasteiger partial charge in [0, 0.05) is 31.7 Å². The highest BCUT2D eigenvalue weighted by molar-refractivity contribution is 5.82. The van der Waals surface area contributed by atoms with Crippen molar-refractivity contribution in [3.05, 3.63) is 71.5 Å². The van der Waals surface area contributed by atoms with Gasteiger partial charge in [0.05, 0.1) is 6.04 Å². The van der Waals surface area contributed by atoms with Crippen LogP contribution in [0.5, 0.6) is 0 Å². The normalized spacial score (nSPS) is 22.2. The van der Waals surface area contributed by atoms with Crippen LogP contribution in [0, 0.1) is 5.82 Å². The van der Waals surface area contributed by atoms with Crippen molar-refractivity contribution in [1.82, 2.24) is 20.4 Å². The molecule has 4 rings (SSSR count). The smallest absolute Gasteiger partial charge is 0.237 e. The van der Waals surface area contributed by atoms with Gasteiger partial charge in [-0.25, -0.2) is 4.39 Å². The van der Waals surface area contributed by atoms with Crippen molar-refractivity contribution in [2.24, 2.45) is 0 Å². The third kappa shape index (κ3) is 6.87. The molecule has 0 unspecified atom stereocenters. The van der Waals surface area contributed by atoms with Crippen LogP contribution >= 0.6 is 0 Å². The predicted molar refractivity (Wildman–Crippen MR) is 135 cm³/mol. The van der Waals surface area contributed by atoms with Gasteiger partial charge in [-0.1, -0.05) is 55.5 Å². The first kappa shape index (κ1) is 24.8. The van der Waals surface area contributed by atoms with Crippen molar-refractivity contribution in [3.8, 4) is 0 Å². The molecule has 184 valence electrons. The highest BCUT2D eigenvalue weighted by Gasteiger charge is 2.37. The van der Waals surface area contributed by atoms with Gasteiger partial charge in [0.2, 0.25) is 5.91 Å². The fraction of sp³-hybridized carbons (Fsp3) is 0.536. The van der Waals surface area contributed by atoms with Crippen molar-refractivity contribution in [2.75, 3.05) is 32.7 Å². The van der Waals surface area contributed by atoms with E-state index in [-0.39, 0.29) is 17.8 Å². The van der Waals surface area contributed by atoms with Crippen molar-refractivity contribution in [1.29, 1.82) is 0 Å². The number of nitrogens with one attached hydrogen (secondary N) is 2. The van der Waals surface area contributed by atoms with Gasteiger partial charge in [0.25, 0.3) is 0 Å². The number of likely N-dealkylation sites (tertiary alicyclic amines) is 2. The van der Waals surface area contributed by atoms with E-state index in [2.05, 4.69) is 51.6 Å². The highest BCUT2D eigenvalue weighted by atomic mass is 19.1. The second-order valence-corrected chi connectivity index (χ2v) is 9.78. The largest absolute Gasteiger partial charge is 0.354 e. The van der Waals surface area contributed by atoms with Gasteiger partial charge in [-0.15, -0.1) is 0 Å². The number of carbonyl (C=O) groups is 1. The second-order valence-electron chi connectivity index (χ2n) is 9.78. The SMILES string of the molecule is CCCN1CCC(N[C@@H]2C[C@@H](C(=O)NCCc3ccccc3F)N(Cc3ccccc3)C2)CC1. The molecule has 0 aromatic heterocycles. The third-order valence-corrected chi connectivity index (χ3v) is 7.18. The van der Waals surface area contributed by atoms with E-state index in [0.717, 1.165) is 32.6 Å². The monoisotopic (exact) mass is 466 g/mol. The maximum absolute atomic E-state index is 13.9. The van der Waals surface area contributed by atoms with Crippen LogP contribution in [0.2, 0.25) is 0 Å². The summed E-state index contributed by atoms with van der Waals surface area (Å²) in [6.45, 7) is 7.83. The molecule has 0 radical (unpaired) electrons. The molecule has 34 heavy (non-hydrogen) atoms. The number of halogens is 1. The molecule has 0 bridgehead atoms. The average Bonchev–Trinajstić information content (AvgIpc) is 3.24. The fourth-order valence-corrected chi connectivity index (χ4v) is 5.40. The molecule has 0 spiro atoms. The standard InChI is InChI=1S/C28H39FN4O/c1-2-16-32-17-13-24(14-18-32)31-25-19-27(33(21-25)20-22-8-4-3-5-9-22)28(34)30-15-12-23-10-6-7-11-26(23)29/h3-11,24-25,27,31H,2,12-21H2,1H3,(H,30,34)/t25-,27+/m1/s1. The number of piperidine rings is 1. The fourth-order valence-electron chi connectivity index (χ4n) is 5.40. The summed E-state index contributed by atoms with van der Waals surface area (Å²) in [4.78, 5) is 18.1. The van der Waals surface area contributed by atoms with Crippen LogP contribution in [0.25, 0.3) is 0 Å². The van der Waals surface area contributed by atoms with Gasteiger partial charge >= 0.3 is 0 Å². The molecule has 2 saturated heterocycles. The summed E-state index contributed by atoms with van der Waals surface area (Å²) < 4.78 is 13.9. The highest BCUT2D eigenvalue weighted by Crippen LogP contribution is 2.23. The Hall–Kier alpha value is -2.28. The zero-order valence-corrected chi connectivity index (χ0v) is 20.4. The Balaban J connectivity index is 1.33. The van der Waals surface area contributed by atoms with Crippen LogP contribution in [0.3, 0.4) is 0 Å². The zero-order chi connectivity index (χ0) is 23.8. The Morgan fingerprint density at radius 2 is 1.76 bits per heavy atom. The third-order valence-electron chi connectivity index (χ3n) is 7.18. The van der Waals surface area contributed by atoms with E-state index < -0.39 is 0 Å². The molecule has 2 aliphatic rings. The molecule has 2 heterocycles. The summed E-state index contributed by atoms with van der Waals surface area (Å²) in [5.41, 5.74) is 1.87. The summed E-state index contributed by atoms with van der Waals surface area (Å²) in [6, 6.07) is 17.8. The Bertz CT molecular complexity index is 900. The van der Waals surface area contributed by atoms with Gasteiger partial charge in [-0.05, 0) is 68.9 Å². The second kappa shape index (κ2) is 12.4. The minimum atomic E-state index is -0.211. The lowest BCUT2D eigenvalue weighted by molar-refractivity contribution is -0.125. The quantitative estimate of drug-likeness (QED) is 0.562. The van der Waals surface area contributed by atoms with E-state index in [4.69, 9.17) is 0 Å². The molecular weight excluding hydrogens is 427 g/mol. The van der Waals surface area contributed by atoms with Crippen molar-refractivity contribution < 1.29 is 9.18 Å². The van der Waals surface area contributed by atoms with Crippen LogP contribution < -0.4 is 10.6 Å². The van der Waals surface area contributed by atoms with Crippen molar-refractivity contribution in [3.63, 3.8) is 0 Å². The summed E-state index contributed by atoms with van der Waals surface area (Å²) >= 11 is 0. The summed E-state index contributed by atoms with van der Waals surface area (Å²) in [7, 11) is 0. The molecular formula is C28H39FN4O. The molecule has 2 aromatic rings. The first-order valence-corrected chi connectivity index (χ1v) is 12.9. The van der Waals surface area contributed by atoms with Crippen LogP contribution in [-0.2, 0) is 17.8 Å². The summed E-state index contributed by atoms with van der Waals surface area (Å²) in [6.07, 6.45) is 4.88. The zero-order valence-electron chi connectivity index (χ0n) is 20.4. The Kier molecular flexibility index (Phi) is 9.08. The molecule has 6 heteroatoms. The number of nitrogens with zero attached hydrogens (tertiary/aromatic N) is 2. The minimum absolute atomic E-state index is 0.0503. The molecule has 2 aromatic carbocycles. The number of hydrogen-bond donors (Lipinski definition) is 2. The van der Waals surface area contributed by atoms with E-state index in [9.17, 15) is 9.18 Å². The summed E-state index contributed by atoms with van der Waals surface area (Å²) in [5, 5.41) is 6.95. The van der Waals surface area contributed by atoms with Crippen molar-refractivity contribution in [2.45, 2.75) is 63.7 Å². The minimum Gasteiger partial charge on any atom is -0.354 e. The van der Waals surface area contributed by atoms with Crippen LogP contribution in [-0.4, -0.2) is 66.6 Å². The lowest BCUT2D eigenvalue weighted by Crippen LogP contribution is -2.47. The van der Waals surface area contributed by atoms with Crippen LogP contribution in [0.4, 0.5) is 4.39 Å². The van der Waals surface area contributed by atoms with E-state index in [1.54, 1.807) is 12.1 Å². The van der Waals surface area contributed by atoms with E-state index >= 15 is 0 Å². The van der Waals surface area contributed by atoms with Crippen molar-refractivity contribution >= 4 is 5.91 Å². The van der Waals surface area contributed by atoms with Gasteiger partial charge in [-0.3, -0.25) is 9.69 Å². The number of rotatable bonds is 10. The topological polar surface area (TPSA) is 47.6 Å². The molecule has 2 N–H and O–H groups in total. The van der Waals surface area contributed by atoms with Gasteiger partial charge < -0.3 is 15.5 Å². The lowest BCUT2D eigenvalue weighted by Gasteiger charge is -2.33. The molecule has 0 saturated carbocycles. The van der Waals surface area contributed by atoms with Gasteiger partial charge in [-0.2, -0.15) is 0 Å². The van der Waals surface area contributed by atoms with Gasteiger partial charge in [0.15, 0.2) is 0 Å². The molecule has 2 atom stereocenters. The van der Waals surface area contributed by atoms with E-state index in [0.29, 0.717) is 30.6 Å².